The molecule has 0 atom stereocenters. The van der Waals surface area contributed by atoms with Gasteiger partial charge in [-0.2, -0.15) is 5.26 Å². The molecule has 4 nitrogen and oxygen atoms in total. The van der Waals surface area contributed by atoms with Gasteiger partial charge < -0.3 is 5.32 Å². The maximum absolute atomic E-state index is 11.7. The maximum atomic E-state index is 11.7. The largest absolute Gasteiger partial charge is 0.322 e. The first-order valence-electron chi connectivity index (χ1n) is 5.69. The Morgan fingerprint density at radius 1 is 1.55 bits per heavy atom. The molecule has 20 heavy (non-hydrogen) atoms. The van der Waals surface area contributed by atoms with Gasteiger partial charge in [0.25, 0.3) is 0 Å². The highest BCUT2D eigenvalue weighted by Gasteiger charge is 2.03. The molecule has 0 bridgehead atoms. The van der Waals surface area contributed by atoms with Crippen LogP contribution in [-0.4, -0.2) is 10.9 Å². The molecule has 0 fully saturated rings. The number of nitrogens with one attached hydrogen (secondary N) is 1. The van der Waals surface area contributed by atoms with Crippen LogP contribution in [0.2, 0.25) is 5.02 Å². The smallest absolute Gasteiger partial charge is 0.248 e. The van der Waals surface area contributed by atoms with E-state index in [4.69, 9.17) is 16.9 Å². The third-order valence-electron chi connectivity index (χ3n) is 2.40. The number of anilines is 1. The Morgan fingerprint density at radius 3 is 2.95 bits per heavy atom. The van der Waals surface area contributed by atoms with E-state index in [1.54, 1.807) is 24.3 Å². The van der Waals surface area contributed by atoms with Crippen molar-refractivity contribution in [2.75, 3.05) is 5.32 Å². The van der Waals surface area contributed by atoms with E-state index >= 15 is 0 Å². The molecule has 1 aromatic carbocycles. The van der Waals surface area contributed by atoms with Gasteiger partial charge in [-0.3, -0.25) is 4.79 Å². The topological polar surface area (TPSA) is 65.8 Å². The summed E-state index contributed by atoms with van der Waals surface area (Å²) in [5.74, 6) is -0.281. The van der Waals surface area contributed by atoms with Gasteiger partial charge in [0.15, 0.2) is 0 Å². The minimum absolute atomic E-state index is 0.281. The van der Waals surface area contributed by atoms with Gasteiger partial charge in [-0.15, -0.1) is 11.3 Å². The highest BCUT2D eigenvalue weighted by atomic mass is 35.5. The van der Waals surface area contributed by atoms with Crippen LogP contribution in [0.5, 0.6) is 0 Å². The fraction of sp³-hybridized carbons (Fsp3) is 0.0714. The number of hydrogen-bond acceptors (Lipinski definition) is 4. The van der Waals surface area contributed by atoms with Crippen molar-refractivity contribution in [2.24, 2.45) is 0 Å². The highest BCUT2D eigenvalue weighted by Crippen LogP contribution is 2.20. The van der Waals surface area contributed by atoms with Crippen molar-refractivity contribution in [3.8, 4) is 6.07 Å². The lowest BCUT2D eigenvalue weighted by atomic mass is 10.2. The number of hydrogen-bond donors (Lipinski definition) is 1. The quantitative estimate of drug-likeness (QED) is 0.881. The highest BCUT2D eigenvalue weighted by molar-refractivity contribution is 7.09. The molecule has 0 saturated heterocycles. The molecule has 0 spiro atoms. The molecule has 0 radical (unpaired) electrons. The van der Waals surface area contributed by atoms with E-state index in [1.165, 1.54) is 17.4 Å². The number of nitriles is 1. The van der Waals surface area contributed by atoms with Crippen LogP contribution in [0.4, 0.5) is 5.69 Å². The Hall–Kier alpha value is -2.16. The van der Waals surface area contributed by atoms with Gasteiger partial charge >= 0.3 is 0 Å². The fourth-order valence-electron chi connectivity index (χ4n) is 1.49. The van der Waals surface area contributed by atoms with Crippen molar-refractivity contribution >= 4 is 40.6 Å². The molecule has 0 saturated carbocycles. The first-order valence-corrected chi connectivity index (χ1v) is 6.95. The van der Waals surface area contributed by atoms with Crippen molar-refractivity contribution in [2.45, 2.75) is 6.92 Å². The lowest BCUT2D eigenvalue weighted by molar-refractivity contribution is -0.111. The lowest BCUT2D eigenvalue weighted by Crippen LogP contribution is -2.07. The van der Waals surface area contributed by atoms with E-state index < -0.39 is 0 Å². The number of aromatic nitrogens is 1. The average Bonchev–Trinajstić information content (AvgIpc) is 2.82. The molecular weight excluding hydrogens is 294 g/mol. The van der Waals surface area contributed by atoms with E-state index in [0.717, 1.165) is 10.7 Å². The normalized spacial score (nSPS) is 10.4. The molecule has 0 aliphatic heterocycles. The summed E-state index contributed by atoms with van der Waals surface area (Å²) in [5, 5.41) is 14.6. The van der Waals surface area contributed by atoms with E-state index in [2.05, 4.69) is 10.3 Å². The number of nitrogens with zero attached hydrogens (tertiary/aromatic N) is 2. The Morgan fingerprint density at radius 2 is 2.35 bits per heavy atom. The summed E-state index contributed by atoms with van der Waals surface area (Å²) < 4.78 is 0. The van der Waals surface area contributed by atoms with Crippen LogP contribution in [0, 0.1) is 18.3 Å². The zero-order valence-electron chi connectivity index (χ0n) is 10.6. The summed E-state index contributed by atoms with van der Waals surface area (Å²) in [5.41, 5.74) is 1.66. The molecule has 100 valence electrons. The minimum Gasteiger partial charge on any atom is -0.322 e. The van der Waals surface area contributed by atoms with Gasteiger partial charge in [-0.25, -0.2) is 4.98 Å². The molecule has 0 unspecified atom stereocenters. The third-order valence-corrected chi connectivity index (χ3v) is 3.50. The van der Waals surface area contributed by atoms with Crippen molar-refractivity contribution in [1.29, 1.82) is 5.26 Å². The molecular formula is C14H10ClN3OS. The van der Waals surface area contributed by atoms with E-state index in [9.17, 15) is 4.79 Å². The molecule has 2 aromatic rings. The number of halogens is 1. The second-order valence-corrected chi connectivity index (χ2v) is 5.39. The number of benzene rings is 1. The Bertz CT molecular complexity index is 715. The standard InChI is InChI=1S/C14H10ClN3OS/c1-9-17-12(8-20-9)4-5-14(19)18-11-3-2-10(7-16)13(15)6-11/h2-6,8H,1H3,(H,18,19)/b5-4+. The predicted octanol–water partition coefficient (Wildman–Crippen LogP) is 3.63. The average molecular weight is 304 g/mol. The van der Waals surface area contributed by atoms with Crippen LogP contribution in [0.3, 0.4) is 0 Å². The van der Waals surface area contributed by atoms with E-state index in [-0.39, 0.29) is 5.91 Å². The van der Waals surface area contributed by atoms with E-state index in [0.29, 0.717) is 16.3 Å². The first-order chi connectivity index (χ1) is 9.58. The second kappa shape index (κ2) is 6.33. The Kier molecular flexibility index (Phi) is 4.51. The molecule has 0 aliphatic rings. The first kappa shape index (κ1) is 14.3. The van der Waals surface area contributed by atoms with Crippen LogP contribution < -0.4 is 5.32 Å². The van der Waals surface area contributed by atoms with Gasteiger partial charge in [0, 0.05) is 17.1 Å². The Labute approximate surface area is 125 Å². The number of amides is 1. The van der Waals surface area contributed by atoms with Crippen molar-refractivity contribution < 1.29 is 4.79 Å². The monoisotopic (exact) mass is 303 g/mol. The van der Waals surface area contributed by atoms with Crippen LogP contribution in [0.15, 0.2) is 29.7 Å². The molecule has 2 rings (SSSR count). The molecule has 1 aromatic heterocycles. The summed E-state index contributed by atoms with van der Waals surface area (Å²) >= 11 is 7.41. The summed E-state index contributed by atoms with van der Waals surface area (Å²) in [7, 11) is 0. The number of carbonyl (C=O) groups excluding carboxylic acids is 1. The third kappa shape index (κ3) is 3.67. The van der Waals surface area contributed by atoms with Gasteiger partial charge in [-0.1, -0.05) is 11.6 Å². The molecule has 1 heterocycles. The second-order valence-electron chi connectivity index (χ2n) is 3.92. The lowest BCUT2D eigenvalue weighted by Gasteiger charge is -2.03. The number of aryl methyl sites for hydroxylation is 1. The van der Waals surface area contributed by atoms with Crippen LogP contribution in [0.25, 0.3) is 6.08 Å². The van der Waals surface area contributed by atoms with Gasteiger partial charge in [0.1, 0.15) is 6.07 Å². The number of thiazole rings is 1. The van der Waals surface area contributed by atoms with Gasteiger partial charge in [0.2, 0.25) is 5.91 Å². The van der Waals surface area contributed by atoms with Gasteiger partial charge in [0.05, 0.1) is 21.3 Å². The molecule has 0 aliphatic carbocycles. The molecule has 6 heteroatoms. The van der Waals surface area contributed by atoms with Crippen LogP contribution in [0.1, 0.15) is 16.3 Å². The summed E-state index contributed by atoms with van der Waals surface area (Å²) in [6.45, 7) is 1.90. The maximum Gasteiger partial charge on any atom is 0.248 e. The van der Waals surface area contributed by atoms with Crippen LogP contribution >= 0.6 is 22.9 Å². The fourth-order valence-corrected chi connectivity index (χ4v) is 2.29. The predicted molar refractivity (Wildman–Crippen MR) is 80.7 cm³/mol. The number of rotatable bonds is 3. The summed E-state index contributed by atoms with van der Waals surface area (Å²) in [4.78, 5) is 15.9. The minimum atomic E-state index is -0.281. The summed E-state index contributed by atoms with van der Waals surface area (Å²) in [6.07, 6.45) is 3.05. The Balaban J connectivity index is 2.03. The summed E-state index contributed by atoms with van der Waals surface area (Å²) in [6, 6.07) is 6.69. The van der Waals surface area contributed by atoms with Crippen molar-refractivity contribution in [3.05, 3.63) is 50.9 Å². The van der Waals surface area contributed by atoms with E-state index in [1.807, 2.05) is 18.4 Å². The van der Waals surface area contributed by atoms with Crippen molar-refractivity contribution in [3.63, 3.8) is 0 Å². The zero-order valence-corrected chi connectivity index (χ0v) is 12.1. The SMILES string of the molecule is Cc1nc(/C=C/C(=O)Nc2ccc(C#N)c(Cl)c2)cs1. The number of carbonyl (C=O) groups is 1. The van der Waals surface area contributed by atoms with Crippen molar-refractivity contribution in [1.82, 2.24) is 4.98 Å². The van der Waals surface area contributed by atoms with Crippen LogP contribution in [-0.2, 0) is 4.79 Å². The molecule has 1 amide bonds. The van der Waals surface area contributed by atoms with Gasteiger partial charge in [-0.05, 0) is 31.2 Å². The zero-order chi connectivity index (χ0) is 14.5. The molecule has 1 N–H and O–H groups in total.